The molecule has 1 aromatic carbocycles. The Morgan fingerprint density at radius 3 is 2.45 bits per heavy atom. The number of aromatic nitrogens is 3. The second-order valence-corrected chi connectivity index (χ2v) is 5.82. The Kier molecular flexibility index (Phi) is 6.18. The summed E-state index contributed by atoms with van der Waals surface area (Å²) in [6.45, 7) is 2.23. The Hall–Kier alpha value is -3.75. The Labute approximate surface area is 168 Å². The topological polar surface area (TPSA) is 108 Å². The van der Waals surface area contributed by atoms with Crippen LogP contribution in [0.2, 0.25) is 0 Å². The molecule has 3 aromatic rings. The number of hydrogen-bond donors (Lipinski definition) is 2. The minimum absolute atomic E-state index is 0.271. The first-order chi connectivity index (χ1) is 14.1. The maximum atomic E-state index is 12.6. The fourth-order valence-electron chi connectivity index (χ4n) is 2.77. The number of ether oxygens (including phenoxy) is 4. The minimum atomic E-state index is -0.371. The first kappa shape index (κ1) is 20.0. The van der Waals surface area contributed by atoms with Crippen LogP contribution in [0.4, 0.5) is 5.82 Å². The number of carbonyl (C=O) groups excluding carboxylic acids is 1. The lowest BCUT2D eigenvalue weighted by Crippen LogP contribution is -2.14. The van der Waals surface area contributed by atoms with Crippen molar-refractivity contribution in [3.63, 3.8) is 0 Å². The van der Waals surface area contributed by atoms with Crippen molar-refractivity contribution in [1.29, 1.82) is 0 Å². The van der Waals surface area contributed by atoms with Gasteiger partial charge in [0.1, 0.15) is 5.56 Å². The van der Waals surface area contributed by atoms with Gasteiger partial charge < -0.3 is 24.3 Å². The van der Waals surface area contributed by atoms with Crippen molar-refractivity contribution in [2.75, 3.05) is 33.3 Å². The van der Waals surface area contributed by atoms with Gasteiger partial charge in [-0.1, -0.05) is 0 Å². The number of benzene rings is 1. The molecule has 0 aliphatic carbocycles. The number of rotatable bonds is 8. The van der Waals surface area contributed by atoms with E-state index in [9.17, 15) is 4.79 Å². The van der Waals surface area contributed by atoms with E-state index in [1.165, 1.54) is 0 Å². The largest absolute Gasteiger partial charge is 0.493 e. The average molecular weight is 398 g/mol. The predicted octanol–water partition coefficient (Wildman–Crippen LogP) is 3.15. The van der Waals surface area contributed by atoms with Crippen LogP contribution in [0.15, 0.2) is 36.5 Å². The number of pyridine rings is 1. The fraction of sp³-hybridized carbons (Fsp3) is 0.250. The summed E-state index contributed by atoms with van der Waals surface area (Å²) in [6, 6.07) is 8.59. The van der Waals surface area contributed by atoms with Crippen molar-refractivity contribution in [2.24, 2.45) is 0 Å². The van der Waals surface area contributed by atoms with Crippen molar-refractivity contribution in [3.8, 4) is 34.4 Å². The summed E-state index contributed by atoms with van der Waals surface area (Å²) >= 11 is 0. The average Bonchev–Trinajstić information content (AvgIpc) is 3.21. The van der Waals surface area contributed by atoms with Crippen LogP contribution >= 0.6 is 0 Å². The SMILES string of the molecule is CCOc1ncccc1C(=O)Nc1cc(-c2cc(OC)c(OC)c(OC)c2)[nH]n1. The van der Waals surface area contributed by atoms with Crippen molar-refractivity contribution in [1.82, 2.24) is 15.2 Å². The zero-order valence-corrected chi connectivity index (χ0v) is 16.6. The molecule has 0 aliphatic heterocycles. The molecule has 0 unspecified atom stereocenters. The van der Waals surface area contributed by atoms with Crippen molar-refractivity contribution in [2.45, 2.75) is 6.92 Å². The molecule has 2 N–H and O–H groups in total. The number of H-pyrrole nitrogens is 1. The van der Waals surface area contributed by atoms with E-state index in [1.54, 1.807) is 57.9 Å². The van der Waals surface area contributed by atoms with Crippen LogP contribution in [-0.4, -0.2) is 49.0 Å². The molecule has 9 heteroatoms. The number of nitrogens with zero attached hydrogens (tertiary/aromatic N) is 2. The first-order valence-electron chi connectivity index (χ1n) is 8.86. The third kappa shape index (κ3) is 4.23. The molecule has 29 heavy (non-hydrogen) atoms. The van der Waals surface area contributed by atoms with Crippen LogP contribution in [-0.2, 0) is 0 Å². The number of nitrogens with one attached hydrogen (secondary N) is 2. The zero-order chi connectivity index (χ0) is 20.8. The minimum Gasteiger partial charge on any atom is -0.493 e. The molecule has 0 atom stereocenters. The van der Waals surface area contributed by atoms with Gasteiger partial charge in [0.2, 0.25) is 11.6 Å². The van der Waals surface area contributed by atoms with E-state index in [0.29, 0.717) is 40.9 Å². The summed E-state index contributed by atoms with van der Waals surface area (Å²) in [6.07, 6.45) is 1.57. The molecule has 2 heterocycles. The van der Waals surface area contributed by atoms with Crippen LogP contribution < -0.4 is 24.3 Å². The van der Waals surface area contributed by atoms with Gasteiger partial charge in [0, 0.05) is 17.8 Å². The smallest absolute Gasteiger partial charge is 0.262 e. The second kappa shape index (κ2) is 8.96. The fourth-order valence-corrected chi connectivity index (χ4v) is 2.77. The highest BCUT2D eigenvalue weighted by atomic mass is 16.5. The normalized spacial score (nSPS) is 10.3. The summed E-state index contributed by atoms with van der Waals surface area (Å²) in [4.78, 5) is 16.7. The quantitative estimate of drug-likeness (QED) is 0.600. The molecule has 0 bridgehead atoms. The molecule has 3 rings (SSSR count). The third-order valence-corrected chi connectivity index (χ3v) is 4.09. The van der Waals surface area contributed by atoms with Gasteiger partial charge in [-0.3, -0.25) is 9.89 Å². The molecule has 0 radical (unpaired) electrons. The van der Waals surface area contributed by atoms with E-state index in [0.717, 1.165) is 5.56 Å². The predicted molar refractivity (Wildman–Crippen MR) is 107 cm³/mol. The van der Waals surface area contributed by atoms with Crippen LogP contribution in [0.3, 0.4) is 0 Å². The molecule has 0 spiro atoms. The summed E-state index contributed by atoms with van der Waals surface area (Å²) in [7, 11) is 4.63. The summed E-state index contributed by atoms with van der Waals surface area (Å²) in [5.74, 6) is 1.77. The van der Waals surface area contributed by atoms with Gasteiger partial charge in [-0.15, -0.1) is 0 Å². The molecular weight excluding hydrogens is 376 g/mol. The highest BCUT2D eigenvalue weighted by molar-refractivity contribution is 6.05. The lowest BCUT2D eigenvalue weighted by molar-refractivity contribution is 0.102. The maximum Gasteiger partial charge on any atom is 0.262 e. The lowest BCUT2D eigenvalue weighted by atomic mass is 10.1. The zero-order valence-electron chi connectivity index (χ0n) is 16.6. The maximum absolute atomic E-state index is 12.6. The van der Waals surface area contributed by atoms with E-state index >= 15 is 0 Å². The van der Waals surface area contributed by atoms with Crippen molar-refractivity contribution >= 4 is 11.7 Å². The van der Waals surface area contributed by atoms with Gasteiger partial charge in [-0.05, 0) is 31.2 Å². The highest BCUT2D eigenvalue weighted by Crippen LogP contribution is 2.41. The number of amides is 1. The molecule has 152 valence electrons. The number of hydrogen-bond acceptors (Lipinski definition) is 7. The van der Waals surface area contributed by atoms with Crippen LogP contribution in [0, 0.1) is 0 Å². The third-order valence-electron chi connectivity index (χ3n) is 4.09. The van der Waals surface area contributed by atoms with Gasteiger partial charge >= 0.3 is 0 Å². The molecule has 0 aliphatic rings. The standard InChI is InChI=1S/C20H22N4O5/c1-5-29-20-13(7-6-8-21-20)19(25)22-17-11-14(23-24-17)12-9-15(26-2)18(28-4)16(10-12)27-3/h6-11H,5H2,1-4H3,(H2,22,23,24,25). The van der Waals surface area contributed by atoms with E-state index in [-0.39, 0.29) is 11.8 Å². The van der Waals surface area contributed by atoms with E-state index < -0.39 is 0 Å². The van der Waals surface area contributed by atoms with Gasteiger partial charge in [-0.25, -0.2) is 4.98 Å². The molecule has 1 amide bonds. The van der Waals surface area contributed by atoms with Crippen LogP contribution in [0.1, 0.15) is 17.3 Å². The van der Waals surface area contributed by atoms with E-state index in [1.807, 2.05) is 6.92 Å². The summed E-state index contributed by atoms with van der Waals surface area (Å²) < 4.78 is 21.5. The number of aromatic amines is 1. The number of carbonyl (C=O) groups is 1. The van der Waals surface area contributed by atoms with Gasteiger partial charge in [0.05, 0.1) is 33.6 Å². The van der Waals surface area contributed by atoms with Crippen molar-refractivity contribution < 1.29 is 23.7 Å². The van der Waals surface area contributed by atoms with Gasteiger partial charge in [0.25, 0.3) is 5.91 Å². The molecule has 0 saturated heterocycles. The Balaban J connectivity index is 1.86. The lowest BCUT2D eigenvalue weighted by Gasteiger charge is -2.13. The second-order valence-electron chi connectivity index (χ2n) is 5.82. The summed E-state index contributed by atoms with van der Waals surface area (Å²) in [5.41, 5.74) is 1.74. The molecule has 0 saturated carbocycles. The van der Waals surface area contributed by atoms with E-state index in [2.05, 4.69) is 20.5 Å². The van der Waals surface area contributed by atoms with Crippen LogP contribution in [0.5, 0.6) is 23.1 Å². The Morgan fingerprint density at radius 2 is 1.83 bits per heavy atom. The number of methoxy groups -OCH3 is 3. The van der Waals surface area contributed by atoms with Crippen LogP contribution in [0.25, 0.3) is 11.3 Å². The van der Waals surface area contributed by atoms with Gasteiger partial charge in [0.15, 0.2) is 17.3 Å². The Morgan fingerprint density at radius 1 is 1.10 bits per heavy atom. The molecule has 2 aromatic heterocycles. The van der Waals surface area contributed by atoms with Crippen molar-refractivity contribution in [3.05, 3.63) is 42.1 Å². The number of anilines is 1. The van der Waals surface area contributed by atoms with Gasteiger partial charge in [-0.2, -0.15) is 5.10 Å². The molecular formula is C20H22N4O5. The molecule has 9 nitrogen and oxygen atoms in total. The highest BCUT2D eigenvalue weighted by Gasteiger charge is 2.17. The molecule has 0 fully saturated rings. The van der Waals surface area contributed by atoms with E-state index in [4.69, 9.17) is 18.9 Å². The Bertz CT molecular complexity index is 977. The first-order valence-corrected chi connectivity index (χ1v) is 8.86. The monoisotopic (exact) mass is 398 g/mol. The summed E-state index contributed by atoms with van der Waals surface area (Å²) in [5, 5.41) is 9.79.